The lowest BCUT2D eigenvalue weighted by Gasteiger charge is -2.34. The highest BCUT2D eigenvalue weighted by molar-refractivity contribution is 8.00. The molecule has 4 nitrogen and oxygen atoms in total. The van der Waals surface area contributed by atoms with Gasteiger partial charge >= 0.3 is 0 Å². The molecule has 0 aromatic heterocycles. The first-order chi connectivity index (χ1) is 10.0. The molecule has 1 aromatic rings. The van der Waals surface area contributed by atoms with Gasteiger partial charge in [-0.25, -0.2) is 0 Å². The van der Waals surface area contributed by atoms with Crippen molar-refractivity contribution in [3.63, 3.8) is 0 Å². The van der Waals surface area contributed by atoms with Crippen LogP contribution in [-0.2, 0) is 9.59 Å². The summed E-state index contributed by atoms with van der Waals surface area (Å²) in [6.45, 7) is 2.95. The number of hydrogen-bond acceptors (Lipinski definition) is 3. The molecule has 0 bridgehead atoms. The highest BCUT2D eigenvalue weighted by Gasteiger charge is 2.31. The normalized spacial score (nSPS) is 18.5. The van der Waals surface area contributed by atoms with Crippen LogP contribution in [0.2, 0.25) is 10.0 Å². The lowest BCUT2D eigenvalue weighted by Crippen LogP contribution is -2.57. The van der Waals surface area contributed by atoms with Crippen molar-refractivity contribution in [1.82, 2.24) is 10.2 Å². The summed E-state index contributed by atoms with van der Waals surface area (Å²) in [7, 11) is 0. The van der Waals surface area contributed by atoms with Gasteiger partial charge in [-0.05, 0) is 24.6 Å². The first-order valence-electron chi connectivity index (χ1n) is 6.68. The molecule has 21 heavy (non-hydrogen) atoms. The Labute approximate surface area is 138 Å². The summed E-state index contributed by atoms with van der Waals surface area (Å²) in [6.07, 6.45) is 0.611. The number of rotatable bonds is 4. The number of nitrogens with one attached hydrogen (secondary N) is 1. The summed E-state index contributed by atoms with van der Waals surface area (Å²) in [6, 6.07) is 4.78. The Bertz CT molecular complexity index is 554. The smallest absolute Gasteiger partial charge is 0.242 e. The zero-order valence-corrected chi connectivity index (χ0v) is 13.9. The molecule has 1 aliphatic heterocycles. The van der Waals surface area contributed by atoms with Crippen LogP contribution in [0.4, 0.5) is 0 Å². The average molecular weight is 347 g/mol. The summed E-state index contributed by atoms with van der Waals surface area (Å²) >= 11 is 13.3. The van der Waals surface area contributed by atoms with Crippen LogP contribution < -0.4 is 5.32 Å². The van der Waals surface area contributed by atoms with E-state index in [4.69, 9.17) is 23.2 Å². The quantitative estimate of drug-likeness (QED) is 0.852. The Morgan fingerprint density at radius 1 is 1.48 bits per heavy atom. The van der Waals surface area contributed by atoms with Gasteiger partial charge in [0.15, 0.2) is 0 Å². The molecule has 0 saturated carbocycles. The predicted octanol–water partition coefficient (Wildman–Crippen LogP) is 2.82. The van der Waals surface area contributed by atoms with E-state index < -0.39 is 0 Å². The van der Waals surface area contributed by atoms with E-state index >= 15 is 0 Å². The standard InChI is InChI=1S/C14H16Cl2N2O2S/c1-2-11-14(20)17-5-6-18(11)13(19)8-21-12-7-9(15)3-4-10(12)16/h3-4,7,11H,2,5-6,8H2,1H3,(H,17,20). The minimum atomic E-state index is -0.373. The van der Waals surface area contributed by atoms with Crippen LogP contribution in [0, 0.1) is 0 Å². The molecule has 7 heteroatoms. The maximum atomic E-state index is 12.3. The zero-order valence-electron chi connectivity index (χ0n) is 11.6. The molecule has 114 valence electrons. The number of piperazine rings is 1. The maximum Gasteiger partial charge on any atom is 0.242 e. The molecule has 0 spiro atoms. The van der Waals surface area contributed by atoms with Gasteiger partial charge in [0.2, 0.25) is 11.8 Å². The summed E-state index contributed by atoms with van der Waals surface area (Å²) in [5.41, 5.74) is 0. The third-order valence-electron chi connectivity index (χ3n) is 3.28. The molecule has 2 amide bonds. The van der Waals surface area contributed by atoms with Crippen molar-refractivity contribution in [2.45, 2.75) is 24.3 Å². The van der Waals surface area contributed by atoms with Gasteiger partial charge in [-0.2, -0.15) is 0 Å². The Kier molecular flexibility index (Phi) is 5.79. The number of carbonyl (C=O) groups excluding carboxylic acids is 2. The maximum absolute atomic E-state index is 12.3. The number of amides is 2. The molecule has 0 aliphatic carbocycles. The molecular weight excluding hydrogens is 331 g/mol. The van der Waals surface area contributed by atoms with E-state index in [1.165, 1.54) is 11.8 Å². The third kappa shape index (κ3) is 4.05. The van der Waals surface area contributed by atoms with Gasteiger partial charge in [0.05, 0.1) is 10.8 Å². The molecule has 1 aliphatic rings. The highest BCUT2D eigenvalue weighted by Crippen LogP contribution is 2.30. The van der Waals surface area contributed by atoms with Gasteiger partial charge in [0, 0.05) is 23.0 Å². The summed E-state index contributed by atoms with van der Waals surface area (Å²) in [4.78, 5) is 26.5. The topological polar surface area (TPSA) is 49.4 Å². The summed E-state index contributed by atoms with van der Waals surface area (Å²) < 4.78 is 0. The first kappa shape index (κ1) is 16.5. The molecule has 1 heterocycles. The lowest BCUT2D eigenvalue weighted by molar-refractivity contribution is -0.141. The van der Waals surface area contributed by atoms with Gasteiger partial charge in [-0.15, -0.1) is 11.8 Å². The van der Waals surface area contributed by atoms with Crippen LogP contribution in [-0.4, -0.2) is 41.6 Å². The van der Waals surface area contributed by atoms with E-state index in [1.54, 1.807) is 23.1 Å². The number of halogens is 2. The zero-order chi connectivity index (χ0) is 15.4. The number of carbonyl (C=O) groups is 2. The first-order valence-corrected chi connectivity index (χ1v) is 8.42. The van der Waals surface area contributed by atoms with Crippen molar-refractivity contribution < 1.29 is 9.59 Å². The Morgan fingerprint density at radius 3 is 2.95 bits per heavy atom. The highest BCUT2D eigenvalue weighted by atomic mass is 35.5. The Balaban J connectivity index is 2.00. The van der Waals surface area contributed by atoms with Crippen LogP contribution in [0.25, 0.3) is 0 Å². The fraction of sp³-hybridized carbons (Fsp3) is 0.429. The van der Waals surface area contributed by atoms with Crippen molar-refractivity contribution >= 4 is 46.8 Å². The Hall–Kier alpha value is -0.910. The van der Waals surface area contributed by atoms with Crippen molar-refractivity contribution in [1.29, 1.82) is 0 Å². The van der Waals surface area contributed by atoms with Crippen molar-refractivity contribution in [3.05, 3.63) is 28.2 Å². The molecule has 1 saturated heterocycles. The number of hydrogen-bond donors (Lipinski definition) is 1. The summed E-state index contributed by atoms with van der Waals surface area (Å²) in [5.74, 6) is 0.102. The Morgan fingerprint density at radius 2 is 2.24 bits per heavy atom. The largest absolute Gasteiger partial charge is 0.353 e. The number of nitrogens with zero attached hydrogens (tertiary/aromatic N) is 1. The molecule has 1 aromatic carbocycles. The van der Waals surface area contributed by atoms with Crippen LogP contribution in [0.1, 0.15) is 13.3 Å². The van der Waals surface area contributed by atoms with E-state index in [-0.39, 0.29) is 23.6 Å². The third-order valence-corrected chi connectivity index (χ3v) is 5.00. The van der Waals surface area contributed by atoms with E-state index in [9.17, 15) is 9.59 Å². The van der Waals surface area contributed by atoms with Gasteiger partial charge in [0.25, 0.3) is 0 Å². The van der Waals surface area contributed by atoms with Crippen LogP contribution in [0.15, 0.2) is 23.1 Å². The van der Waals surface area contributed by atoms with E-state index in [2.05, 4.69) is 5.32 Å². The van der Waals surface area contributed by atoms with Crippen molar-refractivity contribution in [2.24, 2.45) is 0 Å². The van der Waals surface area contributed by atoms with Crippen LogP contribution in [0.3, 0.4) is 0 Å². The van der Waals surface area contributed by atoms with Crippen LogP contribution in [0.5, 0.6) is 0 Å². The minimum Gasteiger partial charge on any atom is -0.353 e. The molecule has 0 radical (unpaired) electrons. The van der Waals surface area contributed by atoms with Gasteiger partial charge in [-0.3, -0.25) is 9.59 Å². The second kappa shape index (κ2) is 7.38. The van der Waals surface area contributed by atoms with Crippen molar-refractivity contribution in [2.75, 3.05) is 18.8 Å². The van der Waals surface area contributed by atoms with Gasteiger partial charge < -0.3 is 10.2 Å². The molecular formula is C14H16Cl2N2O2S. The van der Waals surface area contributed by atoms with Crippen molar-refractivity contribution in [3.8, 4) is 0 Å². The molecule has 1 atom stereocenters. The molecule has 2 rings (SSSR count). The summed E-state index contributed by atoms with van der Waals surface area (Å²) in [5, 5.41) is 3.93. The lowest BCUT2D eigenvalue weighted by atomic mass is 10.1. The molecule has 1 N–H and O–H groups in total. The number of thioether (sulfide) groups is 1. The molecule has 1 fully saturated rings. The predicted molar refractivity (Wildman–Crippen MR) is 86.0 cm³/mol. The van der Waals surface area contributed by atoms with E-state index in [1.807, 2.05) is 6.92 Å². The van der Waals surface area contributed by atoms with Crippen LogP contribution >= 0.6 is 35.0 Å². The fourth-order valence-electron chi connectivity index (χ4n) is 2.23. The molecule has 1 unspecified atom stereocenters. The fourth-order valence-corrected chi connectivity index (χ4v) is 3.61. The van der Waals surface area contributed by atoms with Gasteiger partial charge in [0.1, 0.15) is 6.04 Å². The average Bonchev–Trinajstić information content (AvgIpc) is 2.47. The second-order valence-electron chi connectivity index (χ2n) is 4.67. The van der Waals surface area contributed by atoms with Gasteiger partial charge in [-0.1, -0.05) is 30.1 Å². The van der Waals surface area contributed by atoms with E-state index in [0.717, 1.165) is 4.90 Å². The number of benzene rings is 1. The van der Waals surface area contributed by atoms with E-state index in [0.29, 0.717) is 29.6 Å². The second-order valence-corrected chi connectivity index (χ2v) is 6.53. The SMILES string of the molecule is CCC1C(=O)NCCN1C(=O)CSc1cc(Cl)ccc1Cl. The monoisotopic (exact) mass is 346 g/mol. The minimum absolute atomic E-state index is 0.0576.